The zero-order valence-electron chi connectivity index (χ0n) is 18.5. The van der Waals surface area contributed by atoms with Crippen molar-refractivity contribution in [3.05, 3.63) is 51.9 Å². The van der Waals surface area contributed by atoms with Crippen LogP contribution >= 0.6 is 0 Å². The van der Waals surface area contributed by atoms with Crippen LogP contribution in [-0.4, -0.2) is 45.0 Å². The molecule has 3 rings (SSSR count). The Labute approximate surface area is 183 Å². The second-order valence-electron chi connectivity index (χ2n) is 9.01. The van der Waals surface area contributed by atoms with Crippen molar-refractivity contribution in [2.75, 3.05) is 13.1 Å². The van der Waals surface area contributed by atoms with Crippen LogP contribution in [0.15, 0.2) is 24.3 Å². The molecule has 0 amide bonds. The molecule has 2 nitrogen and oxygen atoms in total. The molecule has 3 aliphatic rings. The quantitative estimate of drug-likeness (QED) is 0.497. The van der Waals surface area contributed by atoms with Crippen LogP contribution in [0.5, 0.6) is 0 Å². The third-order valence-electron chi connectivity index (χ3n) is 5.77. The summed E-state index contributed by atoms with van der Waals surface area (Å²) in [5.41, 5.74) is 0.0753. The van der Waals surface area contributed by atoms with E-state index in [9.17, 15) is 0 Å². The molecule has 0 aromatic carbocycles. The van der Waals surface area contributed by atoms with E-state index < -0.39 is 0 Å². The molecule has 5 atom stereocenters. The summed E-state index contributed by atoms with van der Waals surface area (Å²) in [4.78, 5) is 2.77. The maximum Gasteiger partial charge on any atom is 4.00 e. The maximum atomic E-state index is 5.26. The van der Waals surface area contributed by atoms with Gasteiger partial charge in [-0.1, -0.05) is 52.0 Å². The molecule has 0 bridgehead atoms. The molecule has 0 N–H and O–H groups in total. The normalized spacial score (nSPS) is 32.5. The zero-order valence-corrected chi connectivity index (χ0v) is 22.1. The topological polar surface area (TPSA) is 17.3 Å². The molecule has 0 aromatic heterocycles. The van der Waals surface area contributed by atoms with Crippen molar-refractivity contribution in [1.29, 1.82) is 0 Å². The molecule has 0 spiro atoms. The molecule has 5 unspecified atom stereocenters. The van der Waals surface area contributed by atoms with Gasteiger partial charge in [-0.15, -0.1) is 10.7 Å². The van der Waals surface area contributed by atoms with Crippen LogP contribution in [0.25, 0.3) is 5.32 Å². The predicted octanol–water partition coefficient (Wildman–Crippen LogP) is 4.43. The Kier molecular flexibility index (Phi) is 11.8. The summed E-state index contributed by atoms with van der Waals surface area (Å²) in [6.07, 6.45) is 13.6. The Morgan fingerprint density at radius 3 is 1.92 bits per heavy atom. The first-order chi connectivity index (χ1) is 10.3. The molecule has 148 valence electrons. The van der Waals surface area contributed by atoms with Crippen molar-refractivity contribution < 1.29 is 21.7 Å². The van der Waals surface area contributed by atoms with Crippen molar-refractivity contribution in [3.63, 3.8) is 0 Å². The summed E-state index contributed by atoms with van der Waals surface area (Å²) in [6.45, 7) is 11.8. The Balaban J connectivity index is 0. The standard InChI is InChI=1S/C19H33N2Si.3CH3.Ti/c1-18(2,3)20-19(4,22)16-13-17(21-11-7-8-12-21)15-10-6-5-9-14(15)16;;;;/h5-6,9-10,14-17H,7-8,11-13H2,1-4,22H3;3*1H3;/q4*-1;+4. The summed E-state index contributed by atoms with van der Waals surface area (Å²) in [5.74, 6) is 2.14. The number of hydrogen-bond acceptors (Lipinski definition) is 1. The van der Waals surface area contributed by atoms with E-state index in [2.05, 4.69) is 56.9 Å². The van der Waals surface area contributed by atoms with Gasteiger partial charge in [-0.05, 0) is 60.3 Å². The van der Waals surface area contributed by atoms with Gasteiger partial charge in [0.1, 0.15) is 0 Å². The Bertz CT molecular complexity index is 461. The van der Waals surface area contributed by atoms with E-state index in [1.54, 1.807) is 0 Å². The van der Waals surface area contributed by atoms with E-state index in [-0.39, 0.29) is 54.7 Å². The average molecular weight is 411 g/mol. The summed E-state index contributed by atoms with van der Waals surface area (Å²) >= 11 is 0. The zero-order chi connectivity index (χ0) is 16.0. The minimum atomic E-state index is 0. The maximum absolute atomic E-state index is 5.26. The predicted molar refractivity (Wildman–Crippen MR) is 119 cm³/mol. The van der Waals surface area contributed by atoms with Gasteiger partial charge < -0.3 is 27.6 Å². The summed E-state index contributed by atoms with van der Waals surface area (Å²) in [5, 5.41) is 5.45. The molecular weight excluding hydrogens is 368 g/mol. The Morgan fingerprint density at radius 2 is 1.42 bits per heavy atom. The summed E-state index contributed by atoms with van der Waals surface area (Å²) in [7, 11) is 1.14. The van der Waals surface area contributed by atoms with Gasteiger partial charge in [0.2, 0.25) is 0 Å². The van der Waals surface area contributed by atoms with Crippen LogP contribution in [0, 0.1) is 40.0 Å². The average Bonchev–Trinajstić information content (AvgIpc) is 3.02. The van der Waals surface area contributed by atoms with Crippen molar-refractivity contribution in [2.45, 2.75) is 63.7 Å². The Hall–Kier alpha value is 0.331. The van der Waals surface area contributed by atoms with Crippen molar-refractivity contribution in [1.82, 2.24) is 4.90 Å². The largest absolute Gasteiger partial charge is 4.00 e. The first-order valence-electron chi connectivity index (χ1n) is 9.11. The van der Waals surface area contributed by atoms with Crippen LogP contribution in [0.4, 0.5) is 0 Å². The molecule has 1 saturated heterocycles. The van der Waals surface area contributed by atoms with E-state index in [1.807, 2.05) is 0 Å². The minimum absolute atomic E-state index is 0. The molecule has 0 radical (unpaired) electrons. The number of nitrogens with zero attached hydrogens (tertiary/aromatic N) is 2. The van der Waals surface area contributed by atoms with Crippen LogP contribution in [0.1, 0.15) is 47.0 Å². The van der Waals surface area contributed by atoms with Gasteiger partial charge in [0.25, 0.3) is 0 Å². The minimum Gasteiger partial charge on any atom is -0.655 e. The van der Waals surface area contributed by atoms with Crippen LogP contribution in [-0.2, 0) is 21.7 Å². The first kappa shape index (κ1) is 28.5. The number of fused-ring (bicyclic) bond motifs is 1. The summed E-state index contributed by atoms with van der Waals surface area (Å²) in [6, 6.07) is 0.752. The van der Waals surface area contributed by atoms with E-state index in [0.717, 1.165) is 28.1 Å². The number of rotatable bonds is 3. The van der Waals surface area contributed by atoms with Crippen LogP contribution in [0.2, 0.25) is 0 Å². The molecule has 2 aliphatic carbocycles. The van der Waals surface area contributed by atoms with E-state index in [4.69, 9.17) is 5.32 Å². The monoisotopic (exact) mass is 410 g/mol. The molecule has 1 aliphatic heterocycles. The SMILES string of the molecule is CC(C)(C)[N-]C(C)([SiH3])C1CC(N2CCCC2)C2C=CC=CC21.[CH3-].[CH3-].[CH3-].[Ti+4]. The third-order valence-corrected chi connectivity index (χ3v) is 6.73. The number of hydrogen-bond donors (Lipinski definition) is 0. The molecule has 1 saturated carbocycles. The Morgan fingerprint density at radius 1 is 0.923 bits per heavy atom. The van der Waals surface area contributed by atoms with Crippen LogP contribution in [0.3, 0.4) is 0 Å². The number of allylic oxidation sites excluding steroid dienone is 3. The van der Waals surface area contributed by atoms with Crippen LogP contribution < -0.4 is 0 Å². The molecule has 1 heterocycles. The van der Waals surface area contributed by atoms with Crippen molar-refractivity contribution in [2.24, 2.45) is 17.8 Å². The van der Waals surface area contributed by atoms with E-state index in [0.29, 0.717) is 5.92 Å². The fourth-order valence-electron chi connectivity index (χ4n) is 5.18. The smallest absolute Gasteiger partial charge is 0.655 e. The van der Waals surface area contributed by atoms with Gasteiger partial charge in [-0.3, -0.25) is 4.90 Å². The molecule has 4 heteroatoms. The molecule has 2 fully saturated rings. The van der Waals surface area contributed by atoms with Gasteiger partial charge in [0.05, 0.1) is 0 Å². The fourth-order valence-corrected chi connectivity index (χ4v) is 6.47. The van der Waals surface area contributed by atoms with Crippen molar-refractivity contribution in [3.8, 4) is 0 Å². The summed E-state index contributed by atoms with van der Waals surface area (Å²) < 4.78 is 0. The van der Waals surface area contributed by atoms with Crippen molar-refractivity contribution >= 4 is 10.2 Å². The first-order valence-corrected chi connectivity index (χ1v) is 10.1. The second-order valence-corrected chi connectivity index (χ2v) is 11.0. The van der Waals surface area contributed by atoms with E-state index >= 15 is 0 Å². The molecular formula is C22H42N2SiTi. The third kappa shape index (κ3) is 6.17. The molecule has 0 aromatic rings. The van der Waals surface area contributed by atoms with Gasteiger partial charge in [-0.25, -0.2) is 0 Å². The fraction of sp³-hybridized carbons (Fsp3) is 0.682. The van der Waals surface area contributed by atoms with Gasteiger partial charge in [0, 0.05) is 6.04 Å². The van der Waals surface area contributed by atoms with Gasteiger partial charge in [0.15, 0.2) is 0 Å². The van der Waals surface area contributed by atoms with Gasteiger partial charge in [-0.2, -0.15) is 0 Å². The second kappa shape index (κ2) is 10.8. The molecule has 26 heavy (non-hydrogen) atoms. The van der Waals surface area contributed by atoms with Gasteiger partial charge >= 0.3 is 21.7 Å². The number of likely N-dealkylation sites (tertiary alicyclic amines) is 1. The van der Waals surface area contributed by atoms with E-state index in [1.165, 1.54) is 32.4 Å².